The van der Waals surface area contributed by atoms with Gasteiger partial charge in [0.2, 0.25) is 0 Å². The van der Waals surface area contributed by atoms with Gasteiger partial charge >= 0.3 is 0 Å². The Balaban J connectivity index is 1.87. The van der Waals surface area contributed by atoms with Gasteiger partial charge in [0.1, 0.15) is 5.01 Å². The molecule has 3 aromatic rings. The minimum Gasteiger partial charge on any atom is -0.301 e. The standard InChI is InChI=1S/C16H14BrN3S/c17-13-6-5-12(14-11(13)2-1-7-18-14)15(20-10-3-4-10)16-19-8-9-21-16/h1-2,5-10,15,20H,3-4H2. The first-order valence-corrected chi connectivity index (χ1v) is 8.69. The van der Waals surface area contributed by atoms with Crippen molar-refractivity contribution in [3.05, 3.63) is 57.1 Å². The van der Waals surface area contributed by atoms with E-state index in [0.717, 1.165) is 20.4 Å². The molecule has 0 aliphatic heterocycles. The molecule has 106 valence electrons. The summed E-state index contributed by atoms with van der Waals surface area (Å²) >= 11 is 5.31. The first-order chi connectivity index (χ1) is 10.3. The van der Waals surface area contributed by atoms with Crippen LogP contribution in [0, 0.1) is 0 Å². The van der Waals surface area contributed by atoms with E-state index in [9.17, 15) is 0 Å². The summed E-state index contributed by atoms with van der Waals surface area (Å²) in [4.78, 5) is 9.13. The smallest absolute Gasteiger partial charge is 0.114 e. The number of hydrogen-bond acceptors (Lipinski definition) is 4. The number of nitrogens with one attached hydrogen (secondary N) is 1. The van der Waals surface area contributed by atoms with E-state index in [4.69, 9.17) is 0 Å². The monoisotopic (exact) mass is 359 g/mol. The van der Waals surface area contributed by atoms with Gasteiger partial charge in [-0.2, -0.15) is 0 Å². The largest absolute Gasteiger partial charge is 0.301 e. The number of aromatic nitrogens is 2. The van der Waals surface area contributed by atoms with Crippen molar-refractivity contribution in [1.29, 1.82) is 0 Å². The molecule has 0 amide bonds. The third-order valence-electron chi connectivity index (χ3n) is 3.74. The molecular formula is C16H14BrN3S. The van der Waals surface area contributed by atoms with E-state index >= 15 is 0 Å². The molecule has 1 atom stereocenters. The summed E-state index contributed by atoms with van der Waals surface area (Å²) in [5.41, 5.74) is 2.25. The van der Waals surface area contributed by atoms with E-state index in [2.05, 4.69) is 49.4 Å². The number of hydrogen-bond donors (Lipinski definition) is 1. The number of pyridine rings is 1. The highest BCUT2D eigenvalue weighted by Crippen LogP contribution is 2.34. The Morgan fingerprint density at radius 3 is 2.86 bits per heavy atom. The van der Waals surface area contributed by atoms with Crippen LogP contribution in [0.5, 0.6) is 0 Å². The van der Waals surface area contributed by atoms with Crippen LogP contribution < -0.4 is 5.32 Å². The number of rotatable bonds is 4. The van der Waals surface area contributed by atoms with E-state index < -0.39 is 0 Å². The van der Waals surface area contributed by atoms with Crippen LogP contribution in [0.1, 0.15) is 29.5 Å². The highest BCUT2D eigenvalue weighted by atomic mass is 79.9. The lowest BCUT2D eigenvalue weighted by Crippen LogP contribution is -2.24. The maximum Gasteiger partial charge on any atom is 0.114 e. The second-order valence-electron chi connectivity index (χ2n) is 5.28. The fourth-order valence-corrected chi connectivity index (χ4v) is 3.72. The van der Waals surface area contributed by atoms with Gasteiger partial charge in [-0.05, 0) is 25.0 Å². The van der Waals surface area contributed by atoms with Crippen molar-refractivity contribution in [3.63, 3.8) is 0 Å². The number of benzene rings is 1. The fourth-order valence-electron chi connectivity index (χ4n) is 2.55. The van der Waals surface area contributed by atoms with Crippen molar-refractivity contribution in [2.24, 2.45) is 0 Å². The minimum absolute atomic E-state index is 0.128. The lowest BCUT2D eigenvalue weighted by atomic mass is 10.0. The van der Waals surface area contributed by atoms with Gasteiger partial charge in [-0.3, -0.25) is 4.98 Å². The Bertz CT molecular complexity index is 768. The zero-order valence-electron chi connectivity index (χ0n) is 11.3. The average molecular weight is 360 g/mol. The van der Waals surface area contributed by atoms with Gasteiger partial charge in [0.25, 0.3) is 0 Å². The summed E-state index contributed by atoms with van der Waals surface area (Å²) in [5, 5.41) is 8.00. The van der Waals surface area contributed by atoms with Gasteiger partial charge in [-0.1, -0.05) is 28.1 Å². The Morgan fingerprint density at radius 1 is 1.19 bits per heavy atom. The molecule has 1 aromatic carbocycles. The zero-order chi connectivity index (χ0) is 14.2. The molecule has 1 aliphatic carbocycles. The van der Waals surface area contributed by atoms with Crippen LogP contribution in [0.4, 0.5) is 0 Å². The Hall–Kier alpha value is -1.30. The average Bonchev–Trinajstić information content (AvgIpc) is 3.17. The molecule has 1 saturated carbocycles. The number of thiazole rings is 1. The van der Waals surface area contributed by atoms with E-state index in [1.165, 1.54) is 18.4 Å². The van der Waals surface area contributed by atoms with Gasteiger partial charge in [-0.15, -0.1) is 11.3 Å². The van der Waals surface area contributed by atoms with Crippen LogP contribution >= 0.6 is 27.3 Å². The minimum atomic E-state index is 0.128. The van der Waals surface area contributed by atoms with Crippen molar-refractivity contribution in [1.82, 2.24) is 15.3 Å². The Kier molecular flexibility index (Phi) is 3.49. The first kappa shape index (κ1) is 13.4. The molecule has 1 aliphatic rings. The van der Waals surface area contributed by atoms with Crippen LogP contribution in [0.3, 0.4) is 0 Å². The van der Waals surface area contributed by atoms with Crippen LogP contribution in [-0.2, 0) is 0 Å². The molecule has 1 N–H and O–H groups in total. The quantitative estimate of drug-likeness (QED) is 0.754. The molecule has 0 bridgehead atoms. The van der Waals surface area contributed by atoms with Gasteiger partial charge in [-0.25, -0.2) is 4.98 Å². The zero-order valence-corrected chi connectivity index (χ0v) is 13.7. The third-order valence-corrected chi connectivity index (χ3v) is 5.27. The van der Waals surface area contributed by atoms with Gasteiger partial charge in [0, 0.05) is 39.2 Å². The van der Waals surface area contributed by atoms with Crippen LogP contribution in [0.15, 0.2) is 46.5 Å². The molecule has 1 fully saturated rings. The van der Waals surface area contributed by atoms with Crippen molar-refractivity contribution in [2.75, 3.05) is 0 Å². The van der Waals surface area contributed by atoms with E-state index in [1.54, 1.807) is 11.3 Å². The molecule has 5 heteroatoms. The molecular weight excluding hydrogens is 346 g/mol. The topological polar surface area (TPSA) is 37.8 Å². The molecule has 0 saturated heterocycles. The number of nitrogens with zero attached hydrogens (tertiary/aromatic N) is 2. The Labute approximate surface area is 135 Å². The van der Waals surface area contributed by atoms with Crippen molar-refractivity contribution < 1.29 is 0 Å². The van der Waals surface area contributed by atoms with Crippen LogP contribution in [-0.4, -0.2) is 16.0 Å². The second-order valence-corrected chi connectivity index (χ2v) is 7.06. The SMILES string of the molecule is Brc1ccc(C(NC2CC2)c2nccs2)c2ncccc12. The lowest BCUT2D eigenvalue weighted by Gasteiger charge is -2.18. The highest BCUT2D eigenvalue weighted by molar-refractivity contribution is 9.10. The van der Waals surface area contributed by atoms with E-state index in [1.807, 2.05) is 23.8 Å². The maximum atomic E-state index is 4.61. The number of halogens is 1. The summed E-state index contributed by atoms with van der Waals surface area (Å²) in [7, 11) is 0. The van der Waals surface area contributed by atoms with Crippen molar-refractivity contribution in [2.45, 2.75) is 24.9 Å². The lowest BCUT2D eigenvalue weighted by molar-refractivity contribution is 0.600. The molecule has 1 unspecified atom stereocenters. The van der Waals surface area contributed by atoms with Crippen LogP contribution in [0.25, 0.3) is 10.9 Å². The first-order valence-electron chi connectivity index (χ1n) is 7.01. The molecule has 0 spiro atoms. The summed E-state index contributed by atoms with van der Waals surface area (Å²) in [6.07, 6.45) is 6.23. The second kappa shape index (κ2) is 5.48. The van der Waals surface area contributed by atoms with Crippen molar-refractivity contribution in [3.8, 4) is 0 Å². The predicted molar refractivity (Wildman–Crippen MR) is 89.6 cm³/mol. The third kappa shape index (κ3) is 2.61. The normalized spacial score (nSPS) is 16.2. The predicted octanol–water partition coefficient (Wildman–Crippen LogP) is 4.30. The van der Waals surface area contributed by atoms with Gasteiger partial charge in [0.05, 0.1) is 11.6 Å². The molecule has 4 rings (SSSR count). The van der Waals surface area contributed by atoms with Crippen LogP contribution in [0.2, 0.25) is 0 Å². The highest BCUT2D eigenvalue weighted by Gasteiger charge is 2.28. The van der Waals surface area contributed by atoms with Crippen molar-refractivity contribution >= 4 is 38.2 Å². The fraction of sp³-hybridized carbons (Fsp3) is 0.250. The summed E-state index contributed by atoms with van der Waals surface area (Å²) in [5.74, 6) is 0. The molecule has 0 radical (unpaired) electrons. The van der Waals surface area contributed by atoms with Gasteiger partial charge in [0.15, 0.2) is 0 Å². The van der Waals surface area contributed by atoms with E-state index in [0.29, 0.717) is 6.04 Å². The molecule has 2 aromatic heterocycles. The van der Waals surface area contributed by atoms with E-state index in [-0.39, 0.29) is 6.04 Å². The summed E-state index contributed by atoms with van der Waals surface area (Å²) in [6.45, 7) is 0. The maximum absolute atomic E-state index is 4.61. The molecule has 3 nitrogen and oxygen atoms in total. The van der Waals surface area contributed by atoms with Gasteiger partial charge < -0.3 is 5.32 Å². The summed E-state index contributed by atoms with van der Waals surface area (Å²) < 4.78 is 1.08. The Morgan fingerprint density at radius 2 is 2.10 bits per heavy atom. The summed E-state index contributed by atoms with van der Waals surface area (Å²) in [6, 6.07) is 9.08. The molecule has 2 heterocycles. The molecule has 21 heavy (non-hydrogen) atoms. The number of fused-ring (bicyclic) bond motifs is 1.